The molecule has 0 radical (unpaired) electrons. The monoisotopic (exact) mass is 443 g/mol. The molecular formula is C23H22ClNO4S. The Balaban J connectivity index is 2.02. The summed E-state index contributed by atoms with van der Waals surface area (Å²) in [5.41, 5.74) is 2.34. The third kappa shape index (κ3) is 4.83. The molecule has 3 aromatic rings. The van der Waals surface area contributed by atoms with Crippen LogP contribution < -0.4 is 10.1 Å². The molecule has 1 aromatic heterocycles. The van der Waals surface area contributed by atoms with Crippen LogP contribution in [-0.4, -0.2) is 25.1 Å². The molecule has 1 amide bonds. The molecule has 2 aromatic carbocycles. The molecule has 0 aliphatic carbocycles. The molecule has 1 heterocycles. The van der Waals surface area contributed by atoms with Crippen LogP contribution in [0.1, 0.15) is 39.4 Å². The van der Waals surface area contributed by atoms with Gasteiger partial charge in [-0.3, -0.25) is 4.79 Å². The number of thiophene rings is 1. The summed E-state index contributed by atoms with van der Waals surface area (Å²) in [4.78, 5) is 26.4. The zero-order chi connectivity index (χ0) is 21.7. The van der Waals surface area contributed by atoms with Crippen LogP contribution in [0, 0.1) is 6.92 Å². The van der Waals surface area contributed by atoms with Crippen molar-refractivity contribution in [1.82, 2.24) is 0 Å². The van der Waals surface area contributed by atoms with Gasteiger partial charge in [-0.1, -0.05) is 29.8 Å². The zero-order valence-corrected chi connectivity index (χ0v) is 18.5. The lowest BCUT2D eigenvalue weighted by atomic mass is 10.0. The molecule has 0 aliphatic rings. The maximum atomic E-state index is 12.8. The molecule has 0 bridgehead atoms. The van der Waals surface area contributed by atoms with E-state index in [1.807, 2.05) is 38.1 Å². The van der Waals surface area contributed by atoms with Crippen LogP contribution in [0.2, 0.25) is 5.02 Å². The number of anilines is 1. The number of hydrogen-bond donors (Lipinski definition) is 1. The summed E-state index contributed by atoms with van der Waals surface area (Å²) in [6, 6.07) is 14.1. The summed E-state index contributed by atoms with van der Waals surface area (Å²) in [5.74, 6) is -0.0732. The number of aryl methyl sites for hydroxylation is 1. The lowest BCUT2D eigenvalue weighted by Crippen LogP contribution is -2.14. The van der Waals surface area contributed by atoms with E-state index >= 15 is 0 Å². The summed E-state index contributed by atoms with van der Waals surface area (Å²) in [7, 11) is 0. The first-order chi connectivity index (χ1) is 14.4. The molecule has 0 atom stereocenters. The molecule has 7 heteroatoms. The molecule has 0 unspecified atom stereocenters. The summed E-state index contributed by atoms with van der Waals surface area (Å²) in [6.45, 7) is 6.39. The topological polar surface area (TPSA) is 64.6 Å². The fourth-order valence-corrected chi connectivity index (χ4v) is 4.32. The Morgan fingerprint density at radius 3 is 2.43 bits per heavy atom. The van der Waals surface area contributed by atoms with Gasteiger partial charge in [-0.2, -0.15) is 0 Å². The predicted octanol–water partition coefficient (Wildman–Crippen LogP) is 6.20. The van der Waals surface area contributed by atoms with E-state index in [1.54, 1.807) is 31.2 Å². The summed E-state index contributed by atoms with van der Waals surface area (Å²) >= 11 is 7.33. The minimum absolute atomic E-state index is 0.234. The molecule has 3 rings (SSSR count). The average Bonchev–Trinajstić information content (AvgIpc) is 3.04. The Morgan fingerprint density at radius 2 is 1.80 bits per heavy atom. The average molecular weight is 444 g/mol. The van der Waals surface area contributed by atoms with Crippen molar-refractivity contribution in [2.45, 2.75) is 20.8 Å². The smallest absolute Gasteiger partial charge is 0.341 e. The first-order valence-corrected chi connectivity index (χ1v) is 10.7. The normalized spacial score (nSPS) is 10.5. The molecule has 1 N–H and O–H groups in total. The second-order valence-corrected chi connectivity index (χ2v) is 8.04. The van der Waals surface area contributed by atoms with Crippen LogP contribution in [0.5, 0.6) is 5.75 Å². The largest absolute Gasteiger partial charge is 0.494 e. The Labute approximate surface area is 184 Å². The van der Waals surface area contributed by atoms with Crippen LogP contribution in [-0.2, 0) is 4.74 Å². The van der Waals surface area contributed by atoms with E-state index in [0.29, 0.717) is 27.8 Å². The van der Waals surface area contributed by atoms with E-state index in [-0.39, 0.29) is 12.5 Å². The minimum Gasteiger partial charge on any atom is -0.494 e. The van der Waals surface area contributed by atoms with Gasteiger partial charge in [0.1, 0.15) is 16.3 Å². The van der Waals surface area contributed by atoms with Gasteiger partial charge >= 0.3 is 5.97 Å². The molecule has 30 heavy (non-hydrogen) atoms. The highest BCUT2D eigenvalue weighted by Gasteiger charge is 2.25. The number of halogens is 1. The third-order valence-corrected chi connectivity index (χ3v) is 5.59. The van der Waals surface area contributed by atoms with Gasteiger partial charge in [0.15, 0.2) is 0 Å². The van der Waals surface area contributed by atoms with Crippen molar-refractivity contribution in [2.24, 2.45) is 0 Å². The molecule has 0 fully saturated rings. The SMILES string of the molecule is CCOC(=O)c1c(NC(=O)c2cccc(Cl)c2)sc(C)c1-c1ccc(OCC)cc1. The minimum atomic E-state index is -0.480. The van der Waals surface area contributed by atoms with E-state index in [9.17, 15) is 9.59 Å². The van der Waals surface area contributed by atoms with E-state index in [2.05, 4.69) is 5.32 Å². The van der Waals surface area contributed by atoms with Gasteiger partial charge in [-0.15, -0.1) is 11.3 Å². The number of benzene rings is 2. The van der Waals surface area contributed by atoms with Gasteiger partial charge in [-0.25, -0.2) is 4.79 Å². The molecule has 156 valence electrons. The standard InChI is InChI=1S/C23H22ClNO4S/c1-4-28-18-11-9-15(10-12-18)19-14(3)30-22(20(19)23(27)29-5-2)25-21(26)16-7-6-8-17(24)13-16/h6-13H,4-5H2,1-3H3,(H,25,26). The van der Waals surface area contributed by atoms with Crippen LogP contribution in [0.15, 0.2) is 48.5 Å². The van der Waals surface area contributed by atoms with Crippen LogP contribution in [0.3, 0.4) is 0 Å². The predicted molar refractivity (Wildman–Crippen MR) is 121 cm³/mol. The Bertz CT molecular complexity index is 1060. The second kappa shape index (κ2) is 9.78. The first-order valence-electron chi connectivity index (χ1n) is 9.55. The molecule has 5 nitrogen and oxygen atoms in total. The van der Waals surface area contributed by atoms with E-state index < -0.39 is 5.97 Å². The Hall–Kier alpha value is -2.83. The molecule has 0 aliphatic heterocycles. The van der Waals surface area contributed by atoms with Crippen molar-refractivity contribution < 1.29 is 19.1 Å². The molecule has 0 saturated heterocycles. The van der Waals surface area contributed by atoms with Crippen molar-refractivity contribution in [3.8, 4) is 16.9 Å². The van der Waals surface area contributed by atoms with Crippen LogP contribution in [0.4, 0.5) is 5.00 Å². The number of carbonyl (C=O) groups excluding carboxylic acids is 2. The summed E-state index contributed by atoms with van der Waals surface area (Å²) in [6.07, 6.45) is 0. The highest BCUT2D eigenvalue weighted by Crippen LogP contribution is 2.41. The zero-order valence-electron chi connectivity index (χ0n) is 17.0. The maximum Gasteiger partial charge on any atom is 0.341 e. The quantitative estimate of drug-likeness (QED) is 0.441. The van der Waals surface area contributed by atoms with Gasteiger partial charge < -0.3 is 14.8 Å². The number of nitrogens with one attached hydrogen (secondary N) is 1. The fraction of sp³-hybridized carbons (Fsp3) is 0.217. The van der Waals surface area contributed by atoms with Crippen LogP contribution >= 0.6 is 22.9 Å². The number of ether oxygens (including phenoxy) is 2. The number of esters is 1. The Morgan fingerprint density at radius 1 is 1.07 bits per heavy atom. The van der Waals surface area contributed by atoms with E-state index in [1.165, 1.54) is 11.3 Å². The maximum absolute atomic E-state index is 12.8. The van der Waals surface area contributed by atoms with E-state index in [0.717, 1.165) is 21.8 Å². The fourth-order valence-electron chi connectivity index (χ4n) is 3.07. The number of rotatable bonds is 7. The van der Waals surface area contributed by atoms with Crippen molar-refractivity contribution in [3.63, 3.8) is 0 Å². The highest BCUT2D eigenvalue weighted by molar-refractivity contribution is 7.17. The Kier molecular flexibility index (Phi) is 7.13. The number of hydrogen-bond acceptors (Lipinski definition) is 5. The third-order valence-electron chi connectivity index (χ3n) is 4.33. The van der Waals surface area contributed by atoms with Gasteiger partial charge in [0.05, 0.1) is 13.2 Å². The second-order valence-electron chi connectivity index (χ2n) is 6.38. The summed E-state index contributed by atoms with van der Waals surface area (Å²) < 4.78 is 10.8. The highest BCUT2D eigenvalue weighted by atomic mass is 35.5. The van der Waals surface area contributed by atoms with Crippen molar-refractivity contribution >= 4 is 39.8 Å². The van der Waals surface area contributed by atoms with Crippen molar-refractivity contribution in [2.75, 3.05) is 18.5 Å². The van der Waals surface area contributed by atoms with Gasteiger partial charge in [-0.05, 0) is 56.7 Å². The molecule has 0 saturated carbocycles. The van der Waals surface area contributed by atoms with Crippen molar-refractivity contribution in [1.29, 1.82) is 0 Å². The summed E-state index contributed by atoms with van der Waals surface area (Å²) in [5, 5.41) is 3.76. The first kappa shape index (κ1) is 21.9. The van der Waals surface area contributed by atoms with E-state index in [4.69, 9.17) is 21.1 Å². The van der Waals surface area contributed by atoms with Gasteiger partial charge in [0, 0.05) is 21.0 Å². The lowest BCUT2D eigenvalue weighted by Gasteiger charge is -2.10. The molecular weight excluding hydrogens is 422 g/mol. The van der Waals surface area contributed by atoms with Gasteiger partial charge in [0.2, 0.25) is 0 Å². The number of carbonyl (C=O) groups is 2. The molecule has 0 spiro atoms. The lowest BCUT2D eigenvalue weighted by molar-refractivity contribution is 0.0529. The van der Waals surface area contributed by atoms with Crippen molar-refractivity contribution in [3.05, 3.63) is 69.6 Å². The van der Waals surface area contributed by atoms with Crippen LogP contribution in [0.25, 0.3) is 11.1 Å². The van der Waals surface area contributed by atoms with Gasteiger partial charge in [0.25, 0.3) is 5.91 Å². The number of amides is 1.